The minimum absolute atomic E-state index is 0.00368. The van der Waals surface area contributed by atoms with E-state index in [0.717, 1.165) is 32.1 Å². The maximum Gasteiger partial charge on any atom is 0.303 e. The van der Waals surface area contributed by atoms with Crippen LogP contribution in [0.5, 0.6) is 0 Å². The molecular formula is C34H48O7. The van der Waals surface area contributed by atoms with Gasteiger partial charge >= 0.3 is 11.9 Å². The molecule has 0 unspecified atom stereocenters. The van der Waals surface area contributed by atoms with Gasteiger partial charge in [0.05, 0.1) is 0 Å². The van der Waals surface area contributed by atoms with Crippen molar-refractivity contribution in [1.29, 1.82) is 0 Å². The van der Waals surface area contributed by atoms with E-state index >= 15 is 0 Å². The van der Waals surface area contributed by atoms with Crippen molar-refractivity contribution in [3.05, 3.63) is 24.3 Å². The highest BCUT2D eigenvalue weighted by Gasteiger charge is 2.84. The summed E-state index contributed by atoms with van der Waals surface area (Å²) in [6.07, 6.45) is 8.61. The van der Waals surface area contributed by atoms with E-state index in [1.807, 2.05) is 6.08 Å². The summed E-state index contributed by atoms with van der Waals surface area (Å²) >= 11 is 0. The molecule has 4 saturated carbocycles. The Morgan fingerprint density at radius 1 is 1.07 bits per heavy atom. The molecule has 0 aliphatic heterocycles. The Kier molecular flexibility index (Phi) is 7.08. The normalized spacial score (nSPS) is 45.3. The molecule has 226 valence electrons. The van der Waals surface area contributed by atoms with Crippen LogP contribution in [0.25, 0.3) is 0 Å². The second kappa shape index (κ2) is 9.62. The molecule has 5 aliphatic carbocycles. The maximum absolute atomic E-state index is 13.5. The number of hydrogen-bond donors (Lipinski definition) is 1. The number of ether oxygens (including phenoxy) is 2. The lowest BCUT2D eigenvalue weighted by atomic mass is 9.41. The SMILES string of the molecule is C=C(C(=O)[C@@H](C[C@H]1[C@@H](OC(C)=O)C[C@@]2(C)[C@@H]3CC[C@@]4(C)[C@H](C)C(=O)C=C[C@@]45C[C@@]35CC[C@]12C)OC(C)=O)[C@@H](C)CO. The Balaban J connectivity index is 1.52. The van der Waals surface area contributed by atoms with Crippen LogP contribution in [0.2, 0.25) is 0 Å². The topological polar surface area (TPSA) is 107 Å². The van der Waals surface area contributed by atoms with Crippen molar-refractivity contribution >= 4 is 23.5 Å². The number of fused-ring (bicyclic) bond motifs is 2. The highest BCUT2D eigenvalue weighted by atomic mass is 16.6. The first-order valence-corrected chi connectivity index (χ1v) is 15.4. The van der Waals surface area contributed by atoms with E-state index in [2.05, 4.69) is 40.3 Å². The second-order valence-electron chi connectivity index (χ2n) is 14.9. The van der Waals surface area contributed by atoms with Gasteiger partial charge in [-0.3, -0.25) is 19.2 Å². The average Bonchev–Trinajstić information content (AvgIpc) is 3.53. The first-order chi connectivity index (χ1) is 19.0. The van der Waals surface area contributed by atoms with Gasteiger partial charge in [0.25, 0.3) is 0 Å². The fraction of sp³-hybridized carbons (Fsp3) is 0.765. The van der Waals surface area contributed by atoms with Gasteiger partial charge in [-0.15, -0.1) is 0 Å². The summed E-state index contributed by atoms with van der Waals surface area (Å²) in [7, 11) is 0. The molecule has 0 aromatic rings. The zero-order valence-corrected chi connectivity index (χ0v) is 25.9. The van der Waals surface area contributed by atoms with Gasteiger partial charge in [0, 0.05) is 43.6 Å². The predicted octanol–water partition coefficient (Wildman–Crippen LogP) is 5.39. The lowest BCUT2D eigenvalue weighted by Crippen LogP contribution is -2.57. The minimum Gasteiger partial charge on any atom is -0.462 e. The molecule has 7 heteroatoms. The van der Waals surface area contributed by atoms with Crippen molar-refractivity contribution in [2.45, 2.75) is 106 Å². The van der Waals surface area contributed by atoms with Crippen LogP contribution in [0.15, 0.2) is 24.3 Å². The monoisotopic (exact) mass is 568 g/mol. The Morgan fingerprint density at radius 3 is 2.37 bits per heavy atom. The van der Waals surface area contributed by atoms with E-state index in [1.165, 1.54) is 13.8 Å². The molecular weight excluding hydrogens is 520 g/mol. The van der Waals surface area contributed by atoms with Crippen molar-refractivity contribution < 1.29 is 33.8 Å². The van der Waals surface area contributed by atoms with E-state index in [0.29, 0.717) is 12.3 Å². The fourth-order valence-corrected chi connectivity index (χ4v) is 10.8. The smallest absolute Gasteiger partial charge is 0.303 e. The van der Waals surface area contributed by atoms with Gasteiger partial charge in [0.2, 0.25) is 0 Å². The highest BCUT2D eigenvalue weighted by molar-refractivity contribution is 5.99. The summed E-state index contributed by atoms with van der Waals surface area (Å²) in [5, 5.41) is 9.64. The van der Waals surface area contributed by atoms with Gasteiger partial charge in [-0.2, -0.15) is 0 Å². The minimum atomic E-state index is -1.05. The number of Topliss-reactive ketones (excluding diaryl/α,β-unsaturated/α-hetero) is 1. The van der Waals surface area contributed by atoms with Crippen LogP contribution in [-0.2, 0) is 28.7 Å². The summed E-state index contributed by atoms with van der Waals surface area (Å²) < 4.78 is 11.7. The molecule has 0 bridgehead atoms. The summed E-state index contributed by atoms with van der Waals surface area (Å²) in [4.78, 5) is 50.9. The van der Waals surface area contributed by atoms with Gasteiger partial charge in [-0.25, -0.2) is 0 Å². The number of rotatable bonds is 8. The molecule has 4 fully saturated rings. The Labute approximate surface area is 244 Å². The van der Waals surface area contributed by atoms with Crippen molar-refractivity contribution in [1.82, 2.24) is 0 Å². The summed E-state index contributed by atoms with van der Waals surface area (Å²) in [5.74, 6) is -1.30. The molecule has 5 rings (SSSR count). The lowest BCUT2D eigenvalue weighted by Gasteiger charge is -2.62. The summed E-state index contributed by atoms with van der Waals surface area (Å²) in [6, 6.07) is 0. The largest absolute Gasteiger partial charge is 0.462 e. The van der Waals surface area contributed by atoms with Crippen LogP contribution in [0.3, 0.4) is 0 Å². The molecule has 11 atom stereocenters. The second-order valence-corrected chi connectivity index (χ2v) is 14.9. The van der Waals surface area contributed by atoms with Crippen LogP contribution in [-0.4, -0.2) is 47.4 Å². The van der Waals surface area contributed by atoms with Crippen LogP contribution >= 0.6 is 0 Å². The van der Waals surface area contributed by atoms with E-state index in [-0.39, 0.29) is 75.0 Å². The Bertz CT molecular complexity index is 1220. The van der Waals surface area contributed by atoms with Gasteiger partial charge in [-0.05, 0) is 84.2 Å². The Hall–Kier alpha value is -2.28. The third-order valence-corrected chi connectivity index (χ3v) is 13.5. The summed E-state index contributed by atoms with van der Waals surface area (Å²) in [5.41, 5.74) is -0.115. The first kappa shape index (κ1) is 30.2. The number of aliphatic hydroxyl groups is 1. The standard InChI is InChI=1S/C34H48O7/c1-19(17-35)20(2)29(39)26(40-22(4)36)15-24-27(41-23(5)37)16-32(8)28-10-11-30(6)21(3)25(38)9-12-34(30)18-33(28,34)14-13-31(24,32)7/h9,12,19,21,24,26-28,35H,2,10-11,13-18H2,1,3-8H3/t19-,21+,24-,26+,27-,28-,30-,31+,32-,33-,34+/m0/s1. The van der Waals surface area contributed by atoms with E-state index in [4.69, 9.17) is 9.47 Å². The van der Waals surface area contributed by atoms with Gasteiger partial charge < -0.3 is 14.6 Å². The van der Waals surface area contributed by atoms with E-state index in [9.17, 15) is 24.3 Å². The summed E-state index contributed by atoms with van der Waals surface area (Å²) in [6.45, 7) is 17.2. The average molecular weight is 569 g/mol. The molecule has 5 aliphatic rings. The molecule has 2 spiro atoms. The third kappa shape index (κ3) is 3.93. The quantitative estimate of drug-likeness (QED) is 0.309. The van der Waals surface area contributed by atoms with Crippen molar-refractivity contribution in [2.24, 2.45) is 50.7 Å². The molecule has 0 aromatic heterocycles. The first-order valence-electron chi connectivity index (χ1n) is 15.4. The number of aliphatic hydroxyl groups excluding tert-OH is 1. The third-order valence-electron chi connectivity index (χ3n) is 13.5. The highest BCUT2D eigenvalue weighted by Crippen LogP contribution is 2.89. The van der Waals surface area contributed by atoms with Crippen LogP contribution in [0, 0.1) is 50.7 Å². The molecule has 0 heterocycles. The van der Waals surface area contributed by atoms with E-state index in [1.54, 1.807) is 6.92 Å². The molecule has 0 saturated heterocycles. The molecule has 0 amide bonds. The molecule has 0 aromatic carbocycles. The van der Waals surface area contributed by atoms with Crippen LogP contribution in [0.4, 0.5) is 0 Å². The van der Waals surface area contributed by atoms with Gasteiger partial charge in [0.15, 0.2) is 17.7 Å². The molecule has 41 heavy (non-hydrogen) atoms. The maximum atomic E-state index is 13.5. The van der Waals surface area contributed by atoms with E-state index < -0.39 is 24.1 Å². The Morgan fingerprint density at radius 2 is 1.76 bits per heavy atom. The number of hydrogen-bond acceptors (Lipinski definition) is 7. The van der Waals surface area contributed by atoms with Crippen LogP contribution in [0.1, 0.15) is 93.4 Å². The lowest BCUT2D eigenvalue weighted by molar-refractivity contribution is -0.160. The zero-order chi connectivity index (χ0) is 30.3. The fourth-order valence-electron chi connectivity index (χ4n) is 10.8. The number of ketones is 2. The zero-order valence-electron chi connectivity index (χ0n) is 25.9. The van der Waals surface area contributed by atoms with Crippen molar-refractivity contribution in [2.75, 3.05) is 6.61 Å². The number of esters is 2. The van der Waals surface area contributed by atoms with Crippen molar-refractivity contribution in [3.63, 3.8) is 0 Å². The van der Waals surface area contributed by atoms with Gasteiger partial charge in [0.1, 0.15) is 6.10 Å². The molecule has 0 radical (unpaired) electrons. The van der Waals surface area contributed by atoms with Crippen molar-refractivity contribution in [3.8, 4) is 0 Å². The van der Waals surface area contributed by atoms with Gasteiger partial charge in [-0.1, -0.05) is 47.3 Å². The predicted molar refractivity (Wildman–Crippen MR) is 153 cm³/mol. The number of carbonyl (C=O) groups is 4. The molecule has 1 N–H and O–H groups in total. The molecule has 7 nitrogen and oxygen atoms in total. The number of carbonyl (C=O) groups excluding carboxylic acids is 4. The van der Waals surface area contributed by atoms with Crippen LogP contribution < -0.4 is 0 Å². The number of allylic oxidation sites excluding steroid dienone is 2.